The summed E-state index contributed by atoms with van der Waals surface area (Å²) in [7, 11) is -0.266. The van der Waals surface area contributed by atoms with Crippen LogP contribution in [0.3, 0.4) is 0 Å². The lowest BCUT2D eigenvalue weighted by molar-refractivity contribution is -0.353. The minimum atomic E-state index is -0.833. The van der Waals surface area contributed by atoms with Crippen molar-refractivity contribution in [3.05, 3.63) is 84.9 Å². The van der Waals surface area contributed by atoms with Crippen LogP contribution < -0.4 is 4.74 Å². The van der Waals surface area contributed by atoms with Gasteiger partial charge in [0.25, 0.3) is 0 Å². The van der Waals surface area contributed by atoms with Gasteiger partial charge in [-0.2, -0.15) is 0 Å². The van der Waals surface area contributed by atoms with Crippen molar-refractivity contribution in [2.75, 3.05) is 0 Å². The summed E-state index contributed by atoms with van der Waals surface area (Å²) in [5.41, 5.74) is 0. The molecule has 8 rings (SSSR count). The van der Waals surface area contributed by atoms with Gasteiger partial charge in [-0.3, -0.25) is 9.59 Å². The lowest BCUT2D eigenvalue weighted by Crippen LogP contribution is -2.64. The maximum atomic E-state index is 13.0. The predicted molar refractivity (Wildman–Crippen MR) is 147 cm³/mol. The van der Waals surface area contributed by atoms with Crippen molar-refractivity contribution in [3.63, 3.8) is 0 Å². The zero-order chi connectivity index (χ0) is 26.4. The molecule has 1 heterocycles. The molecule has 1 unspecified atom stereocenters. The SMILES string of the molecule is O=C(CC1CC(=O)OC2(O1)C1CC3CC(C1)CC2C3)Oc1ccc([S+](c2ccccc2)c2ccccc2)cc1. The second-order valence-electron chi connectivity index (χ2n) is 11.5. The number of benzene rings is 3. The van der Waals surface area contributed by atoms with Gasteiger partial charge in [0, 0.05) is 11.8 Å². The van der Waals surface area contributed by atoms with Gasteiger partial charge in [0.1, 0.15) is 5.75 Å². The van der Waals surface area contributed by atoms with Crippen molar-refractivity contribution in [1.29, 1.82) is 0 Å². The van der Waals surface area contributed by atoms with Gasteiger partial charge in [-0.15, -0.1) is 0 Å². The first kappa shape index (κ1) is 24.9. The number of carbonyl (C=O) groups is 2. The Morgan fingerprint density at radius 1 is 0.769 bits per heavy atom. The van der Waals surface area contributed by atoms with Crippen LogP contribution in [0.2, 0.25) is 0 Å². The van der Waals surface area contributed by atoms with Crippen molar-refractivity contribution in [2.24, 2.45) is 23.7 Å². The molecule has 5 fully saturated rings. The van der Waals surface area contributed by atoms with Crippen LogP contribution in [0.1, 0.15) is 44.9 Å². The number of carbonyl (C=O) groups excluding carboxylic acids is 2. The summed E-state index contributed by atoms with van der Waals surface area (Å²) in [5, 5.41) is 0. The van der Waals surface area contributed by atoms with Crippen molar-refractivity contribution in [3.8, 4) is 5.75 Å². The molecule has 4 saturated carbocycles. The van der Waals surface area contributed by atoms with Crippen molar-refractivity contribution >= 4 is 22.8 Å². The number of ether oxygens (including phenoxy) is 3. The van der Waals surface area contributed by atoms with Gasteiger partial charge in [-0.05, 0) is 92.5 Å². The van der Waals surface area contributed by atoms with Crippen LogP contribution in [0.15, 0.2) is 99.6 Å². The first-order valence-electron chi connectivity index (χ1n) is 14.1. The molecule has 39 heavy (non-hydrogen) atoms. The Labute approximate surface area is 232 Å². The van der Waals surface area contributed by atoms with Crippen molar-refractivity contribution in [2.45, 2.75) is 71.5 Å². The maximum absolute atomic E-state index is 13.0. The van der Waals surface area contributed by atoms with Crippen LogP contribution in [0.4, 0.5) is 0 Å². The lowest BCUT2D eigenvalue weighted by Gasteiger charge is -2.60. The van der Waals surface area contributed by atoms with Crippen LogP contribution in [-0.4, -0.2) is 23.8 Å². The predicted octanol–water partition coefficient (Wildman–Crippen LogP) is 6.56. The Morgan fingerprint density at radius 3 is 1.87 bits per heavy atom. The van der Waals surface area contributed by atoms with Gasteiger partial charge < -0.3 is 14.2 Å². The molecule has 3 aromatic carbocycles. The molecule has 0 aromatic heterocycles. The summed E-state index contributed by atoms with van der Waals surface area (Å²) in [6.07, 6.45) is 5.22. The van der Waals surface area contributed by atoms with E-state index >= 15 is 0 Å². The van der Waals surface area contributed by atoms with E-state index in [-0.39, 0.29) is 47.5 Å². The minimum Gasteiger partial charge on any atom is -0.432 e. The molecule has 5 nitrogen and oxygen atoms in total. The molecular weight excluding hydrogens is 508 g/mol. The molecule has 0 amide bonds. The highest BCUT2D eigenvalue weighted by Gasteiger charge is 2.63. The normalized spacial score (nSPS) is 30.9. The molecule has 4 aliphatic carbocycles. The smallest absolute Gasteiger partial charge is 0.313 e. The Balaban J connectivity index is 1.04. The van der Waals surface area contributed by atoms with Gasteiger partial charge in [-0.25, -0.2) is 0 Å². The molecular formula is C33H33O5S+. The Morgan fingerprint density at radius 2 is 1.31 bits per heavy atom. The minimum absolute atomic E-state index is 0.0449. The summed E-state index contributed by atoms with van der Waals surface area (Å²) in [5.74, 6) is 1.02. The largest absolute Gasteiger partial charge is 0.432 e. The topological polar surface area (TPSA) is 61.8 Å². The fourth-order valence-corrected chi connectivity index (χ4v) is 9.65. The van der Waals surface area contributed by atoms with Gasteiger partial charge in [0.15, 0.2) is 14.7 Å². The summed E-state index contributed by atoms with van der Waals surface area (Å²) < 4.78 is 18.2. The van der Waals surface area contributed by atoms with Crippen LogP contribution in [-0.2, 0) is 30.0 Å². The van der Waals surface area contributed by atoms with E-state index in [4.69, 9.17) is 14.2 Å². The highest BCUT2D eigenvalue weighted by Crippen LogP contribution is 2.61. The van der Waals surface area contributed by atoms with E-state index in [1.165, 1.54) is 16.2 Å². The molecule has 6 heteroatoms. The fraction of sp³-hybridized carbons (Fsp3) is 0.394. The second-order valence-corrected chi connectivity index (χ2v) is 13.6. The number of hydrogen-bond donors (Lipinski definition) is 0. The number of esters is 2. The maximum Gasteiger partial charge on any atom is 0.313 e. The van der Waals surface area contributed by atoms with Crippen LogP contribution in [0.5, 0.6) is 5.75 Å². The van der Waals surface area contributed by atoms with Crippen molar-refractivity contribution in [1.82, 2.24) is 0 Å². The molecule has 1 aliphatic heterocycles. The molecule has 3 aromatic rings. The average molecular weight is 542 g/mol. The molecule has 0 N–H and O–H groups in total. The van der Waals surface area contributed by atoms with Gasteiger partial charge in [0.2, 0.25) is 5.79 Å². The first-order valence-corrected chi connectivity index (χ1v) is 15.3. The third kappa shape index (κ3) is 4.78. The quantitative estimate of drug-likeness (QED) is 0.201. The first-order chi connectivity index (χ1) is 19.1. The second kappa shape index (κ2) is 10.1. The van der Waals surface area contributed by atoms with Gasteiger partial charge in [0.05, 0.1) is 29.8 Å². The lowest BCUT2D eigenvalue weighted by atomic mass is 9.53. The Kier molecular flexibility index (Phi) is 6.48. The highest BCUT2D eigenvalue weighted by molar-refractivity contribution is 7.97. The molecule has 200 valence electrons. The summed E-state index contributed by atoms with van der Waals surface area (Å²) in [6.45, 7) is 0. The molecule has 5 aliphatic rings. The van der Waals surface area contributed by atoms with E-state index in [9.17, 15) is 9.59 Å². The third-order valence-electron chi connectivity index (χ3n) is 8.94. The summed E-state index contributed by atoms with van der Waals surface area (Å²) in [6, 6.07) is 28.7. The zero-order valence-corrected chi connectivity index (χ0v) is 22.7. The van der Waals surface area contributed by atoms with Crippen LogP contribution >= 0.6 is 0 Å². The zero-order valence-electron chi connectivity index (χ0n) is 21.9. The fourth-order valence-electron chi connectivity index (χ4n) is 7.57. The van der Waals surface area contributed by atoms with E-state index in [2.05, 4.69) is 48.5 Å². The van der Waals surface area contributed by atoms with Gasteiger partial charge >= 0.3 is 11.9 Å². The average Bonchev–Trinajstić information content (AvgIpc) is 2.93. The molecule has 4 bridgehead atoms. The number of hydrogen-bond acceptors (Lipinski definition) is 5. The van der Waals surface area contributed by atoms with E-state index in [1.807, 2.05) is 36.4 Å². The third-order valence-corrected chi connectivity index (χ3v) is 11.2. The van der Waals surface area contributed by atoms with E-state index in [0.29, 0.717) is 5.75 Å². The summed E-state index contributed by atoms with van der Waals surface area (Å²) in [4.78, 5) is 29.3. The number of rotatable bonds is 6. The molecule has 1 saturated heterocycles. The van der Waals surface area contributed by atoms with E-state index in [0.717, 1.165) is 42.4 Å². The van der Waals surface area contributed by atoms with Crippen molar-refractivity contribution < 1.29 is 23.8 Å². The van der Waals surface area contributed by atoms with Crippen LogP contribution in [0.25, 0.3) is 0 Å². The molecule has 0 radical (unpaired) electrons. The molecule has 1 atom stereocenters. The van der Waals surface area contributed by atoms with E-state index in [1.54, 1.807) is 0 Å². The van der Waals surface area contributed by atoms with Crippen LogP contribution in [0, 0.1) is 23.7 Å². The monoisotopic (exact) mass is 541 g/mol. The van der Waals surface area contributed by atoms with Gasteiger partial charge in [-0.1, -0.05) is 36.4 Å². The standard InChI is InChI=1S/C33H33O5S/c34-31(20-27-21-32(35)38-33(37-27)24-16-22-15-23(18-24)19-25(33)17-22)36-26-11-13-30(14-12-26)39(28-7-3-1-4-8-28)29-9-5-2-6-10-29/h1-14,22-25,27H,15-21H2/q+1. The van der Waals surface area contributed by atoms with E-state index < -0.39 is 11.9 Å². The molecule has 1 spiro atoms. The summed E-state index contributed by atoms with van der Waals surface area (Å²) >= 11 is 0. The Hall–Kier alpha value is -3.09. The highest BCUT2D eigenvalue weighted by atomic mass is 32.2. The Bertz CT molecular complexity index is 1270.